The van der Waals surface area contributed by atoms with Crippen LogP contribution in [0.4, 0.5) is 15.3 Å². The summed E-state index contributed by atoms with van der Waals surface area (Å²) >= 11 is 6.30. The van der Waals surface area contributed by atoms with E-state index in [1.165, 1.54) is 4.90 Å². The molecule has 2 N–H and O–H groups in total. The Morgan fingerprint density at radius 1 is 1.30 bits per heavy atom. The average molecular weight is 387 g/mol. The quantitative estimate of drug-likeness (QED) is 0.813. The molecule has 0 bridgehead atoms. The van der Waals surface area contributed by atoms with E-state index in [4.69, 9.17) is 11.6 Å². The average Bonchev–Trinajstić information content (AvgIpc) is 3.29. The molecule has 2 aliphatic rings. The highest BCUT2D eigenvalue weighted by molar-refractivity contribution is 6.30. The molecule has 3 amide bonds. The van der Waals surface area contributed by atoms with E-state index in [2.05, 4.69) is 10.3 Å². The number of rotatable bonds is 2. The summed E-state index contributed by atoms with van der Waals surface area (Å²) in [5, 5.41) is 12.9. The van der Waals surface area contributed by atoms with Crippen LogP contribution in [0.3, 0.4) is 0 Å². The first-order valence-electron chi connectivity index (χ1n) is 8.79. The van der Waals surface area contributed by atoms with Gasteiger partial charge in [-0.25, -0.2) is 9.59 Å². The molecule has 140 valence electrons. The van der Waals surface area contributed by atoms with Gasteiger partial charge < -0.3 is 20.2 Å². The predicted molar refractivity (Wildman–Crippen MR) is 101 cm³/mol. The summed E-state index contributed by atoms with van der Waals surface area (Å²) in [6, 6.07) is 6.80. The molecule has 27 heavy (non-hydrogen) atoms. The number of urea groups is 1. The Kier molecular flexibility index (Phi) is 4.61. The van der Waals surface area contributed by atoms with Gasteiger partial charge in [-0.15, -0.1) is 0 Å². The molecule has 0 radical (unpaired) electrons. The number of anilines is 1. The number of likely N-dealkylation sites (tertiary alicyclic amines) is 1. The molecule has 1 unspecified atom stereocenters. The topological polar surface area (TPSA) is 85.8 Å². The smallest absolute Gasteiger partial charge is 0.407 e. The van der Waals surface area contributed by atoms with Crippen molar-refractivity contribution in [3.05, 3.63) is 58.4 Å². The normalized spacial score (nSPS) is 18.5. The van der Waals surface area contributed by atoms with Crippen molar-refractivity contribution < 1.29 is 14.7 Å². The van der Waals surface area contributed by atoms with E-state index in [0.29, 0.717) is 30.3 Å². The maximum atomic E-state index is 12.6. The fourth-order valence-corrected chi connectivity index (χ4v) is 4.15. The zero-order chi connectivity index (χ0) is 19.0. The van der Waals surface area contributed by atoms with Gasteiger partial charge in [0, 0.05) is 30.9 Å². The maximum absolute atomic E-state index is 12.6. The highest BCUT2D eigenvalue weighted by atomic mass is 35.5. The minimum Gasteiger partial charge on any atom is -0.465 e. The number of hydrogen-bond donors (Lipinski definition) is 2. The highest BCUT2D eigenvalue weighted by Gasteiger charge is 2.35. The molecule has 2 aliphatic heterocycles. The van der Waals surface area contributed by atoms with Gasteiger partial charge in [0.15, 0.2) is 0 Å². The summed E-state index contributed by atoms with van der Waals surface area (Å²) in [6.45, 7) is 1.39. The molecule has 3 heterocycles. The lowest BCUT2D eigenvalue weighted by atomic mass is 9.96. The third kappa shape index (κ3) is 3.42. The van der Waals surface area contributed by atoms with Crippen LogP contribution >= 0.6 is 11.6 Å². The van der Waals surface area contributed by atoms with Crippen LogP contribution in [0.2, 0.25) is 5.02 Å². The summed E-state index contributed by atoms with van der Waals surface area (Å²) in [6.07, 6.45) is 3.90. The number of carbonyl (C=O) groups is 2. The van der Waals surface area contributed by atoms with Gasteiger partial charge in [-0.1, -0.05) is 11.6 Å². The SMILES string of the molecule is O=C(Nc1cccnc1)N1Cc2cc(Cl)cc(C3CCCN3C(=O)O)c2C1. The third-order valence-corrected chi connectivity index (χ3v) is 5.33. The lowest BCUT2D eigenvalue weighted by Crippen LogP contribution is -2.31. The Hall–Kier alpha value is -2.80. The summed E-state index contributed by atoms with van der Waals surface area (Å²) < 4.78 is 0. The van der Waals surface area contributed by atoms with Crippen LogP contribution in [0.1, 0.15) is 35.6 Å². The number of hydrogen-bond acceptors (Lipinski definition) is 3. The number of amides is 3. The van der Waals surface area contributed by atoms with E-state index < -0.39 is 6.09 Å². The van der Waals surface area contributed by atoms with Gasteiger partial charge in [0.05, 0.1) is 17.9 Å². The minimum atomic E-state index is -0.921. The number of fused-ring (bicyclic) bond motifs is 1. The van der Waals surface area contributed by atoms with Gasteiger partial charge >= 0.3 is 12.1 Å². The first-order chi connectivity index (χ1) is 13.0. The second-order valence-electron chi connectivity index (χ2n) is 6.79. The van der Waals surface area contributed by atoms with Crippen molar-refractivity contribution in [1.82, 2.24) is 14.8 Å². The Bertz CT molecular complexity index is 890. The van der Waals surface area contributed by atoms with Crippen molar-refractivity contribution in [3.63, 3.8) is 0 Å². The molecule has 1 atom stereocenters. The monoisotopic (exact) mass is 386 g/mol. The van der Waals surface area contributed by atoms with E-state index in [-0.39, 0.29) is 12.1 Å². The molecule has 1 saturated heterocycles. The van der Waals surface area contributed by atoms with Gasteiger partial charge in [0.25, 0.3) is 0 Å². The number of pyridine rings is 1. The molecule has 7 nitrogen and oxygen atoms in total. The fraction of sp³-hybridized carbons (Fsp3) is 0.316. The molecule has 2 aromatic rings. The van der Waals surface area contributed by atoms with Crippen LogP contribution < -0.4 is 5.32 Å². The van der Waals surface area contributed by atoms with Gasteiger partial charge in [-0.2, -0.15) is 0 Å². The molecular weight excluding hydrogens is 368 g/mol. The van der Waals surface area contributed by atoms with Crippen LogP contribution in [0, 0.1) is 0 Å². The van der Waals surface area contributed by atoms with E-state index in [1.807, 2.05) is 12.1 Å². The Balaban J connectivity index is 1.58. The van der Waals surface area contributed by atoms with E-state index in [0.717, 1.165) is 29.5 Å². The van der Waals surface area contributed by atoms with Gasteiger partial charge in [0.1, 0.15) is 0 Å². The fourth-order valence-electron chi connectivity index (χ4n) is 3.90. The van der Waals surface area contributed by atoms with Crippen molar-refractivity contribution in [3.8, 4) is 0 Å². The van der Waals surface area contributed by atoms with Crippen LogP contribution in [-0.4, -0.2) is 38.6 Å². The molecule has 0 saturated carbocycles. The van der Waals surface area contributed by atoms with Crippen LogP contribution in [0.5, 0.6) is 0 Å². The summed E-state index contributed by atoms with van der Waals surface area (Å²) in [5.41, 5.74) is 3.51. The lowest BCUT2D eigenvalue weighted by Gasteiger charge is -2.24. The zero-order valence-electron chi connectivity index (χ0n) is 14.6. The van der Waals surface area contributed by atoms with E-state index in [1.54, 1.807) is 29.4 Å². The van der Waals surface area contributed by atoms with Crippen molar-refractivity contribution in [2.45, 2.75) is 32.0 Å². The van der Waals surface area contributed by atoms with Crippen molar-refractivity contribution in [1.29, 1.82) is 0 Å². The van der Waals surface area contributed by atoms with Gasteiger partial charge in [-0.05, 0) is 53.8 Å². The first-order valence-corrected chi connectivity index (χ1v) is 9.17. The van der Waals surface area contributed by atoms with Crippen LogP contribution in [-0.2, 0) is 13.1 Å². The number of nitrogens with zero attached hydrogens (tertiary/aromatic N) is 3. The number of halogens is 1. The summed E-state index contributed by atoms with van der Waals surface area (Å²) in [5.74, 6) is 0. The van der Waals surface area contributed by atoms with Crippen molar-refractivity contribution in [2.24, 2.45) is 0 Å². The van der Waals surface area contributed by atoms with Crippen LogP contribution in [0.25, 0.3) is 0 Å². The Labute approximate surface area is 161 Å². The summed E-state index contributed by atoms with van der Waals surface area (Å²) in [4.78, 5) is 31.3. The van der Waals surface area contributed by atoms with E-state index >= 15 is 0 Å². The standard InChI is InChI=1S/C19H19ClN4O3/c20-13-7-12-10-23(18(25)22-14-3-1-5-21-9-14)11-16(12)15(8-13)17-4-2-6-24(17)19(26)27/h1,3,5,7-9,17H,2,4,6,10-11H2,(H,22,25)(H,26,27). The number of carbonyl (C=O) groups excluding carboxylic acids is 1. The molecule has 1 aromatic heterocycles. The summed E-state index contributed by atoms with van der Waals surface area (Å²) in [7, 11) is 0. The van der Waals surface area contributed by atoms with Crippen molar-refractivity contribution >= 4 is 29.4 Å². The molecule has 0 spiro atoms. The third-order valence-electron chi connectivity index (χ3n) is 5.11. The zero-order valence-corrected chi connectivity index (χ0v) is 15.3. The molecule has 4 rings (SSSR count). The van der Waals surface area contributed by atoms with E-state index in [9.17, 15) is 14.7 Å². The molecule has 8 heteroatoms. The predicted octanol–water partition coefficient (Wildman–Crippen LogP) is 4.10. The number of benzene rings is 1. The van der Waals surface area contributed by atoms with Crippen molar-refractivity contribution in [2.75, 3.05) is 11.9 Å². The number of aromatic nitrogens is 1. The molecule has 1 fully saturated rings. The molecule has 0 aliphatic carbocycles. The largest absolute Gasteiger partial charge is 0.465 e. The van der Waals surface area contributed by atoms with Crippen LogP contribution in [0.15, 0.2) is 36.7 Å². The minimum absolute atomic E-state index is 0.212. The number of carboxylic acid groups (broad SMARTS) is 1. The second-order valence-corrected chi connectivity index (χ2v) is 7.23. The Morgan fingerprint density at radius 2 is 2.15 bits per heavy atom. The maximum Gasteiger partial charge on any atom is 0.407 e. The van der Waals surface area contributed by atoms with Gasteiger partial charge in [0.2, 0.25) is 0 Å². The lowest BCUT2D eigenvalue weighted by molar-refractivity contribution is 0.140. The Morgan fingerprint density at radius 3 is 2.89 bits per heavy atom. The second kappa shape index (κ2) is 7.08. The first kappa shape index (κ1) is 17.6. The number of nitrogens with one attached hydrogen (secondary N) is 1. The van der Waals surface area contributed by atoms with Gasteiger partial charge in [-0.3, -0.25) is 4.98 Å². The molecular formula is C19H19ClN4O3. The molecule has 1 aromatic carbocycles. The highest BCUT2D eigenvalue weighted by Crippen LogP contribution is 2.39.